The molecule has 98 valence electrons. The smallest absolute Gasteiger partial charge is 0.0931 e. The Balaban J connectivity index is 1.80. The van der Waals surface area contributed by atoms with E-state index in [1.54, 1.807) is 6.92 Å². The highest BCUT2D eigenvalue weighted by atomic mass is 16.5. The van der Waals surface area contributed by atoms with E-state index in [1.807, 2.05) is 12.3 Å². The SMILES string of the molecule is C[C@H](O)c1ccc(N2CCOC3CCCC32)cn1. The van der Waals surface area contributed by atoms with Gasteiger partial charge in [-0.1, -0.05) is 0 Å². The van der Waals surface area contributed by atoms with Crippen LogP contribution in [0.3, 0.4) is 0 Å². The molecule has 0 spiro atoms. The molecule has 1 aromatic heterocycles. The summed E-state index contributed by atoms with van der Waals surface area (Å²) in [5.41, 5.74) is 1.88. The number of hydrogen-bond donors (Lipinski definition) is 1. The molecule has 1 saturated carbocycles. The lowest BCUT2D eigenvalue weighted by molar-refractivity contribution is 0.0256. The second kappa shape index (κ2) is 4.86. The molecule has 1 aliphatic carbocycles. The van der Waals surface area contributed by atoms with Crippen molar-refractivity contribution in [2.45, 2.75) is 44.4 Å². The van der Waals surface area contributed by atoms with Crippen LogP contribution >= 0.6 is 0 Å². The van der Waals surface area contributed by atoms with Crippen molar-refractivity contribution in [2.24, 2.45) is 0 Å². The molecule has 0 amide bonds. The number of fused-ring (bicyclic) bond motifs is 1. The number of aromatic nitrogens is 1. The van der Waals surface area contributed by atoms with E-state index in [0.29, 0.717) is 12.1 Å². The van der Waals surface area contributed by atoms with Gasteiger partial charge in [0.15, 0.2) is 0 Å². The normalized spacial score (nSPS) is 29.1. The maximum Gasteiger partial charge on any atom is 0.0931 e. The highest BCUT2D eigenvalue weighted by Crippen LogP contribution is 2.32. The second-order valence-corrected chi connectivity index (χ2v) is 5.22. The summed E-state index contributed by atoms with van der Waals surface area (Å²) in [6.07, 6.45) is 5.43. The molecule has 18 heavy (non-hydrogen) atoms. The van der Waals surface area contributed by atoms with Gasteiger partial charge in [-0.2, -0.15) is 0 Å². The second-order valence-electron chi connectivity index (χ2n) is 5.22. The van der Waals surface area contributed by atoms with Crippen molar-refractivity contribution < 1.29 is 9.84 Å². The van der Waals surface area contributed by atoms with E-state index >= 15 is 0 Å². The average Bonchev–Trinajstić information content (AvgIpc) is 2.87. The first kappa shape index (κ1) is 11.9. The third kappa shape index (κ3) is 2.10. The number of morpholine rings is 1. The first-order chi connectivity index (χ1) is 8.75. The van der Waals surface area contributed by atoms with Gasteiger partial charge in [-0.25, -0.2) is 0 Å². The summed E-state index contributed by atoms with van der Waals surface area (Å²) in [6, 6.07) is 4.49. The molecule has 2 unspecified atom stereocenters. The quantitative estimate of drug-likeness (QED) is 0.868. The third-order valence-electron chi connectivity index (χ3n) is 4.01. The Morgan fingerprint density at radius 2 is 2.33 bits per heavy atom. The lowest BCUT2D eigenvalue weighted by Gasteiger charge is -2.39. The topological polar surface area (TPSA) is 45.6 Å². The zero-order chi connectivity index (χ0) is 12.5. The number of aliphatic hydroxyl groups is 1. The van der Waals surface area contributed by atoms with Crippen LogP contribution in [0.2, 0.25) is 0 Å². The van der Waals surface area contributed by atoms with Gasteiger partial charge in [0.1, 0.15) is 0 Å². The van der Waals surface area contributed by atoms with Gasteiger partial charge < -0.3 is 14.7 Å². The predicted molar refractivity (Wildman–Crippen MR) is 69.6 cm³/mol. The van der Waals surface area contributed by atoms with Crippen LogP contribution < -0.4 is 4.90 Å². The molecule has 1 saturated heterocycles. The maximum absolute atomic E-state index is 9.48. The minimum Gasteiger partial charge on any atom is -0.387 e. The molecule has 2 fully saturated rings. The third-order valence-corrected chi connectivity index (χ3v) is 4.01. The number of pyridine rings is 1. The van der Waals surface area contributed by atoms with E-state index in [0.717, 1.165) is 24.5 Å². The summed E-state index contributed by atoms with van der Waals surface area (Å²) in [5, 5.41) is 9.48. The number of nitrogens with zero attached hydrogens (tertiary/aromatic N) is 2. The van der Waals surface area contributed by atoms with Crippen LogP contribution in [0.5, 0.6) is 0 Å². The Morgan fingerprint density at radius 3 is 3.06 bits per heavy atom. The van der Waals surface area contributed by atoms with Crippen LogP contribution in [-0.2, 0) is 4.74 Å². The zero-order valence-corrected chi connectivity index (χ0v) is 10.7. The first-order valence-corrected chi connectivity index (χ1v) is 6.78. The summed E-state index contributed by atoms with van der Waals surface area (Å²) in [6.45, 7) is 3.49. The van der Waals surface area contributed by atoms with Crippen LogP contribution in [0.1, 0.15) is 38.0 Å². The fraction of sp³-hybridized carbons (Fsp3) is 0.643. The van der Waals surface area contributed by atoms with Crippen molar-refractivity contribution in [3.05, 3.63) is 24.0 Å². The molecule has 2 heterocycles. The number of rotatable bonds is 2. The molecule has 0 aromatic carbocycles. The Hall–Kier alpha value is -1.13. The van der Waals surface area contributed by atoms with E-state index in [2.05, 4.69) is 16.0 Å². The Labute approximate surface area is 108 Å². The number of ether oxygens (including phenoxy) is 1. The fourth-order valence-electron chi connectivity index (χ4n) is 3.06. The zero-order valence-electron chi connectivity index (χ0n) is 10.7. The van der Waals surface area contributed by atoms with Crippen molar-refractivity contribution in [3.8, 4) is 0 Å². The fourth-order valence-corrected chi connectivity index (χ4v) is 3.06. The lowest BCUT2D eigenvalue weighted by Crippen LogP contribution is -2.48. The van der Waals surface area contributed by atoms with Gasteiger partial charge in [0, 0.05) is 6.54 Å². The molecule has 1 aromatic rings. The van der Waals surface area contributed by atoms with Crippen LogP contribution in [0.15, 0.2) is 18.3 Å². The van der Waals surface area contributed by atoms with Crippen molar-refractivity contribution >= 4 is 5.69 Å². The maximum atomic E-state index is 9.48. The molecule has 0 bridgehead atoms. The molecular formula is C14H20N2O2. The molecule has 0 radical (unpaired) electrons. The van der Waals surface area contributed by atoms with Gasteiger partial charge in [0.05, 0.1) is 42.4 Å². The summed E-state index contributed by atoms with van der Waals surface area (Å²) < 4.78 is 5.81. The van der Waals surface area contributed by atoms with Crippen LogP contribution in [0, 0.1) is 0 Å². The average molecular weight is 248 g/mol. The minimum atomic E-state index is -0.497. The lowest BCUT2D eigenvalue weighted by atomic mass is 10.1. The van der Waals surface area contributed by atoms with E-state index in [4.69, 9.17) is 4.74 Å². The van der Waals surface area contributed by atoms with Gasteiger partial charge in [0.2, 0.25) is 0 Å². The Morgan fingerprint density at radius 1 is 1.44 bits per heavy atom. The molecule has 4 nitrogen and oxygen atoms in total. The molecule has 1 N–H and O–H groups in total. The summed E-state index contributed by atoms with van der Waals surface area (Å²) >= 11 is 0. The van der Waals surface area contributed by atoms with Gasteiger partial charge in [0.25, 0.3) is 0 Å². The monoisotopic (exact) mass is 248 g/mol. The van der Waals surface area contributed by atoms with E-state index in [9.17, 15) is 5.11 Å². The predicted octanol–water partition coefficient (Wildman–Crippen LogP) is 1.89. The molecule has 2 aliphatic rings. The molecular weight excluding hydrogens is 228 g/mol. The summed E-state index contributed by atoms with van der Waals surface area (Å²) in [5.74, 6) is 0. The largest absolute Gasteiger partial charge is 0.387 e. The van der Waals surface area contributed by atoms with E-state index in [-0.39, 0.29) is 0 Å². The Kier molecular flexibility index (Phi) is 3.22. The van der Waals surface area contributed by atoms with Crippen LogP contribution in [0.4, 0.5) is 5.69 Å². The first-order valence-electron chi connectivity index (χ1n) is 6.78. The van der Waals surface area contributed by atoms with Crippen molar-refractivity contribution in [2.75, 3.05) is 18.1 Å². The van der Waals surface area contributed by atoms with E-state index < -0.39 is 6.10 Å². The van der Waals surface area contributed by atoms with Gasteiger partial charge in [-0.15, -0.1) is 0 Å². The van der Waals surface area contributed by atoms with Crippen molar-refractivity contribution in [3.63, 3.8) is 0 Å². The molecule has 4 heteroatoms. The standard InChI is InChI=1S/C14H20N2O2/c1-10(17)12-6-5-11(9-15-12)16-7-8-18-14-4-2-3-13(14)16/h5-6,9-10,13-14,17H,2-4,7-8H2,1H3/t10-,13?,14?/m0/s1. The number of aliphatic hydroxyl groups excluding tert-OH is 1. The van der Waals surface area contributed by atoms with Crippen LogP contribution in [0.25, 0.3) is 0 Å². The Bertz CT molecular complexity index is 405. The van der Waals surface area contributed by atoms with Gasteiger partial charge in [-0.05, 0) is 38.3 Å². The summed E-state index contributed by atoms with van der Waals surface area (Å²) in [7, 11) is 0. The number of hydrogen-bond acceptors (Lipinski definition) is 4. The highest BCUT2D eigenvalue weighted by Gasteiger charge is 2.36. The molecule has 3 atom stereocenters. The van der Waals surface area contributed by atoms with Gasteiger partial charge >= 0.3 is 0 Å². The number of anilines is 1. The molecule has 3 rings (SSSR count). The molecule has 1 aliphatic heterocycles. The highest BCUT2D eigenvalue weighted by molar-refractivity contribution is 5.47. The van der Waals surface area contributed by atoms with Crippen LogP contribution in [-0.4, -0.2) is 35.4 Å². The minimum absolute atomic E-state index is 0.398. The summed E-state index contributed by atoms with van der Waals surface area (Å²) in [4.78, 5) is 6.75. The van der Waals surface area contributed by atoms with Crippen molar-refractivity contribution in [1.29, 1.82) is 0 Å². The van der Waals surface area contributed by atoms with E-state index in [1.165, 1.54) is 19.3 Å². The van der Waals surface area contributed by atoms with Crippen molar-refractivity contribution in [1.82, 2.24) is 4.98 Å². The van der Waals surface area contributed by atoms with Gasteiger partial charge in [-0.3, -0.25) is 4.98 Å².